The quantitative estimate of drug-likeness (QED) is 0.883. The maximum Gasteiger partial charge on any atom is 0.258 e. The van der Waals surface area contributed by atoms with Crippen LogP contribution in [0.3, 0.4) is 0 Å². The van der Waals surface area contributed by atoms with Gasteiger partial charge in [0.1, 0.15) is 0 Å². The zero-order valence-electron chi connectivity index (χ0n) is 10.5. The number of amides is 1. The van der Waals surface area contributed by atoms with Crippen molar-refractivity contribution in [3.05, 3.63) is 56.8 Å². The second kappa shape index (κ2) is 5.72. The van der Waals surface area contributed by atoms with Crippen LogP contribution in [0.1, 0.15) is 21.6 Å². The predicted molar refractivity (Wildman–Crippen MR) is 80.8 cm³/mol. The summed E-state index contributed by atoms with van der Waals surface area (Å²) in [5.41, 5.74) is 2.89. The van der Waals surface area contributed by atoms with Gasteiger partial charge in [0.15, 0.2) is 0 Å². The maximum atomic E-state index is 12.2. The third kappa shape index (κ3) is 3.14. The molecule has 1 aromatic heterocycles. The van der Waals surface area contributed by atoms with Crippen molar-refractivity contribution in [2.24, 2.45) is 0 Å². The smallest absolute Gasteiger partial charge is 0.258 e. The van der Waals surface area contributed by atoms with E-state index in [2.05, 4.69) is 26.2 Å². The first-order valence-electron chi connectivity index (χ1n) is 5.67. The predicted octanol–water partition coefficient (Wildman–Crippen LogP) is 4.37. The Bertz CT molecular complexity index is 643. The molecule has 0 bridgehead atoms. The van der Waals surface area contributed by atoms with Gasteiger partial charge < -0.3 is 5.32 Å². The number of hydrogen-bond acceptors (Lipinski definition) is 2. The molecule has 0 aliphatic heterocycles. The summed E-state index contributed by atoms with van der Waals surface area (Å²) < 4.78 is 0.861. The number of aromatic nitrogens is 1. The van der Waals surface area contributed by atoms with Crippen molar-refractivity contribution in [2.75, 3.05) is 5.32 Å². The summed E-state index contributed by atoms with van der Waals surface area (Å²) in [4.78, 5) is 16.2. The van der Waals surface area contributed by atoms with Gasteiger partial charge in [0, 0.05) is 16.4 Å². The average Bonchev–Trinajstić information content (AvgIpc) is 2.34. The van der Waals surface area contributed by atoms with E-state index in [4.69, 9.17) is 11.6 Å². The molecule has 1 heterocycles. The van der Waals surface area contributed by atoms with Gasteiger partial charge in [-0.1, -0.05) is 23.7 Å². The Hall–Kier alpha value is -1.39. The molecule has 0 atom stereocenters. The van der Waals surface area contributed by atoms with Gasteiger partial charge in [-0.3, -0.25) is 9.78 Å². The number of nitrogens with zero attached hydrogens (tertiary/aromatic N) is 1. The van der Waals surface area contributed by atoms with Crippen LogP contribution >= 0.6 is 27.5 Å². The summed E-state index contributed by atoms with van der Waals surface area (Å²) in [5, 5.41) is 3.21. The maximum absolute atomic E-state index is 12.2. The van der Waals surface area contributed by atoms with E-state index in [-0.39, 0.29) is 5.91 Å². The number of aryl methyl sites for hydroxylation is 2. The lowest BCUT2D eigenvalue weighted by atomic mass is 10.2. The van der Waals surface area contributed by atoms with E-state index in [9.17, 15) is 4.79 Å². The Morgan fingerprint density at radius 3 is 2.79 bits per heavy atom. The van der Waals surface area contributed by atoms with E-state index >= 15 is 0 Å². The highest BCUT2D eigenvalue weighted by Gasteiger charge is 2.13. The van der Waals surface area contributed by atoms with Crippen LogP contribution in [-0.2, 0) is 0 Å². The summed E-state index contributed by atoms with van der Waals surface area (Å²) in [6.07, 6.45) is 1.48. The van der Waals surface area contributed by atoms with Crippen molar-refractivity contribution in [2.45, 2.75) is 13.8 Å². The number of hydrogen-bond donors (Lipinski definition) is 1. The molecule has 2 aromatic rings. The minimum Gasteiger partial charge on any atom is -0.321 e. The number of carbonyl (C=O) groups excluding carboxylic acids is 1. The van der Waals surface area contributed by atoms with Crippen molar-refractivity contribution in [3.63, 3.8) is 0 Å². The van der Waals surface area contributed by atoms with E-state index < -0.39 is 0 Å². The van der Waals surface area contributed by atoms with Gasteiger partial charge in [0.2, 0.25) is 0 Å². The lowest BCUT2D eigenvalue weighted by molar-refractivity contribution is 0.102. The molecular weight excluding hydrogens is 328 g/mol. The lowest BCUT2D eigenvalue weighted by Gasteiger charge is -2.10. The third-order valence-electron chi connectivity index (χ3n) is 2.67. The molecule has 19 heavy (non-hydrogen) atoms. The summed E-state index contributed by atoms with van der Waals surface area (Å²) >= 11 is 9.50. The van der Waals surface area contributed by atoms with Gasteiger partial charge in [-0.05, 0) is 47.5 Å². The third-order valence-corrected chi connectivity index (χ3v) is 4.04. The van der Waals surface area contributed by atoms with E-state index in [1.807, 2.05) is 32.0 Å². The Labute approximate surface area is 125 Å². The van der Waals surface area contributed by atoms with Crippen LogP contribution in [0.4, 0.5) is 5.69 Å². The molecule has 1 N–H and O–H groups in total. The second-order valence-electron chi connectivity index (χ2n) is 4.20. The van der Waals surface area contributed by atoms with Gasteiger partial charge in [-0.25, -0.2) is 0 Å². The van der Waals surface area contributed by atoms with Crippen molar-refractivity contribution < 1.29 is 4.79 Å². The fraction of sp³-hybridized carbons (Fsp3) is 0.143. The van der Waals surface area contributed by atoms with Gasteiger partial charge in [-0.15, -0.1) is 0 Å². The minimum atomic E-state index is -0.274. The Morgan fingerprint density at radius 2 is 2.11 bits per heavy atom. The average molecular weight is 340 g/mol. The normalized spacial score (nSPS) is 10.3. The molecular formula is C14H12BrClN2O. The number of anilines is 1. The molecule has 1 aromatic carbocycles. The molecule has 98 valence electrons. The molecule has 0 aliphatic carbocycles. The molecule has 0 saturated heterocycles. The molecule has 0 spiro atoms. The van der Waals surface area contributed by atoms with Crippen LogP contribution in [-0.4, -0.2) is 10.9 Å². The van der Waals surface area contributed by atoms with Gasteiger partial charge in [0.25, 0.3) is 5.91 Å². The highest BCUT2D eigenvalue weighted by atomic mass is 79.9. The number of carbonyl (C=O) groups is 1. The molecule has 0 unspecified atom stereocenters. The first-order valence-corrected chi connectivity index (χ1v) is 6.84. The Kier molecular flexibility index (Phi) is 4.22. The molecule has 3 nitrogen and oxygen atoms in total. The van der Waals surface area contributed by atoms with Crippen LogP contribution in [0.25, 0.3) is 0 Å². The number of pyridine rings is 1. The van der Waals surface area contributed by atoms with Crippen LogP contribution in [0.15, 0.2) is 34.9 Å². The van der Waals surface area contributed by atoms with Gasteiger partial charge in [0.05, 0.1) is 16.3 Å². The van der Waals surface area contributed by atoms with Crippen molar-refractivity contribution >= 4 is 39.1 Å². The Balaban J connectivity index is 2.28. The monoisotopic (exact) mass is 338 g/mol. The summed E-state index contributed by atoms with van der Waals surface area (Å²) in [7, 11) is 0. The standard InChI is InChI=1S/C14H12BrClN2O/c1-8-4-3-5-12(13(8)15)18-14(19)10-7-17-9(2)6-11(10)16/h3-7H,1-2H3,(H,18,19). The molecule has 1 amide bonds. The first kappa shape index (κ1) is 14.0. The fourth-order valence-corrected chi connectivity index (χ4v) is 2.28. The minimum absolute atomic E-state index is 0.274. The first-order chi connectivity index (χ1) is 8.99. The summed E-state index contributed by atoms with van der Waals surface area (Å²) in [5.74, 6) is -0.274. The Morgan fingerprint density at radius 1 is 1.37 bits per heavy atom. The number of benzene rings is 1. The van der Waals surface area contributed by atoms with Crippen LogP contribution < -0.4 is 5.32 Å². The number of rotatable bonds is 2. The molecule has 0 saturated carbocycles. The van der Waals surface area contributed by atoms with Crippen molar-refractivity contribution in [1.82, 2.24) is 4.98 Å². The highest BCUT2D eigenvalue weighted by Crippen LogP contribution is 2.27. The fourth-order valence-electron chi connectivity index (χ4n) is 1.63. The largest absolute Gasteiger partial charge is 0.321 e. The second-order valence-corrected chi connectivity index (χ2v) is 5.40. The van der Waals surface area contributed by atoms with Crippen LogP contribution in [0.2, 0.25) is 5.02 Å². The highest BCUT2D eigenvalue weighted by molar-refractivity contribution is 9.10. The molecule has 0 radical (unpaired) electrons. The topological polar surface area (TPSA) is 42.0 Å². The summed E-state index contributed by atoms with van der Waals surface area (Å²) in [6, 6.07) is 7.33. The molecule has 5 heteroatoms. The van der Waals surface area contributed by atoms with Crippen molar-refractivity contribution in [1.29, 1.82) is 0 Å². The van der Waals surface area contributed by atoms with Gasteiger partial charge in [-0.2, -0.15) is 0 Å². The van der Waals surface area contributed by atoms with Crippen LogP contribution in [0, 0.1) is 13.8 Å². The number of halogens is 2. The van der Waals surface area contributed by atoms with Crippen molar-refractivity contribution in [3.8, 4) is 0 Å². The number of nitrogens with one attached hydrogen (secondary N) is 1. The van der Waals surface area contributed by atoms with E-state index in [1.54, 1.807) is 6.07 Å². The molecule has 0 aliphatic rings. The molecule has 2 rings (SSSR count). The zero-order valence-corrected chi connectivity index (χ0v) is 12.8. The van der Waals surface area contributed by atoms with Gasteiger partial charge >= 0.3 is 0 Å². The SMILES string of the molecule is Cc1cc(Cl)c(C(=O)Nc2cccc(C)c2Br)cn1. The van der Waals surface area contributed by atoms with E-state index in [0.717, 1.165) is 15.7 Å². The lowest BCUT2D eigenvalue weighted by Crippen LogP contribution is -2.13. The zero-order chi connectivity index (χ0) is 14.0. The van der Waals surface area contributed by atoms with E-state index in [0.29, 0.717) is 16.3 Å². The van der Waals surface area contributed by atoms with Crippen LogP contribution in [0.5, 0.6) is 0 Å². The van der Waals surface area contributed by atoms with E-state index in [1.165, 1.54) is 6.20 Å². The molecule has 0 fully saturated rings. The summed E-state index contributed by atoms with van der Waals surface area (Å²) in [6.45, 7) is 3.78.